The summed E-state index contributed by atoms with van der Waals surface area (Å²) in [5.74, 6) is -0.640. The molecule has 1 saturated carbocycles. The van der Waals surface area contributed by atoms with Crippen molar-refractivity contribution in [3.8, 4) is 0 Å². The first kappa shape index (κ1) is 19.1. The Labute approximate surface area is 156 Å². The van der Waals surface area contributed by atoms with Crippen LogP contribution in [-0.2, 0) is 9.53 Å². The van der Waals surface area contributed by atoms with Gasteiger partial charge in [0, 0.05) is 12.3 Å². The van der Waals surface area contributed by atoms with Crippen LogP contribution >= 0.6 is 0 Å². The molecule has 2 heterocycles. The van der Waals surface area contributed by atoms with Crippen molar-refractivity contribution in [1.82, 2.24) is 19.5 Å². The molecule has 1 aliphatic rings. The first-order chi connectivity index (χ1) is 12.9. The van der Waals surface area contributed by atoms with Gasteiger partial charge in [0.15, 0.2) is 11.2 Å². The SMILES string of the molecule is C=C1C(COC(=O)CCCCC)C(O)CC1n1cnc2c(=O)[nH]c(N)nc21. The summed E-state index contributed by atoms with van der Waals surface area (Å²) in [7, 11) is 0. The number of aromatic amines is 1. The van der Waals surface area contributed by atoms with Crippen molar-refractivity contribution in [2.75, 3.05) is 12.3 Å². The second-order valence-electron chi connectivity index (χ2n) is 6.92. The molecule has 1 aliphatic carbocycles. The number of H-pyrrole nitrogens is 1. The van der Waals surface area contributed by atoms with Crippen molar-refractivity contribution >= 4 is 23.1 Å². The van der Waals surface area contributed by atoms with Crippen LogP contribution in [0.2, 0.25) is 0 Å². The van der Waals surface area contributed by atoms with E-state index in [1.807, 2.05) is 0 Å². The number of esters is 1. The van der Waals surface area contributed by atoms with Gasteiger partial charge in [-0.15, -0.1) is 0 Å². The average molecular weight is 375 g/mol. The molecule has 27 heavy (non-hydrogen) atoms. The van der Waals surface area contributed by atoms with Gasteiger partial charge >= 0.3 is 5.97 Å². The number of ether oxygens (including phenoxy) is 1. The molecule has 0 spiro atoms. The third-order valence-electron chi connectivity index (χ3n) is 5.03. The van der Waals surface area contributed by atoms with Gasteiger partial charge in [0.1, 0.15) is 6.61 Å². The molecule has 0 aliphatic heterocycles. The lowest BCUT2D eigenvalue weighted by Crippen LogP contribution is -2.22. The zero-order valence-electron chi connectivity index (χ0n) is 15.4. The molecule has 0 radical (unpaired) electrons. The molecule has 9 nitrogen and oxygen atoms in total. The van der Waals surface area contributed by atoms with E-state index in [2.05, 4.69) is 28.5 Å². The number of carbonyl (C=O) groups excluding carboxylic acids is 1. The van der Waals surface area contributed by atoms with E-state index in [0.717, 1.165) is 19.3 Å². The van der Waals surface area contributed by atoms with Crippen LogP contribution in [0.15, 0.2) is 23.3 Å². The van der Waals surface area contributed by atoms with Crippen LogP contribution in [0.4, 0.5) is 5.95 Å². The van der Waals surface area contributed by atoms with Crippen LogP contribution in [-0.4, -0.2) is 43.3 Å². The number of fused-ring (bicyclic) bond motifs is 1. The van der Waals surface area contributed by atoms with Gasteiger partial charge in [-0.3, -0.25) is 14.6 Å². The maximum absolute atomic E-state index is 11.9. The summed E-state index contributed by atoms with van der Waals surface area (Å²) in [6.45, 7) is 6.24. The fourth-order valence-corrected chi connectivity index (χ4v) is 3.49. The van der Waals surface area contributed by atoms with Gasteiger partial charge in [0.2, 0.25) is 5.95 Å². The Morgan fingerprint density at radius 2 is 2.30 bits per heavy atom. The van der Waals surface area contributed by atoms with Gasteiger partial charge in [0.05, 0.1) is 18.5 Å². The molecule has 2 aromatic rings. The Kier molecular flexibility index (Phi) is 5.59. The fraction of sp³-hybridized carbons (Fsp3) is 0.556. The van der Waals surface area contributed by atoms with E-state index >= 15 is 0 Å². The number of nitrogens with two attached hydrogens (primary N) is 1. The van der Waals surface area contributed by atoms with Crippen molar-refractivity contribution in [3.05, 3.63) is 28.8 Å². The monoisotopic (exact) mass is 375 g/mol. The summed E-state index contributed by atoms with van der Waals surface area (Å²) >= 11 is 0. The first-order valence-electron chi connectivity index (χ1n) is 9.17. The van der Waals surface area contributed by atoms with Gasteiger partial charge in [-0.25, -0.2) is 4.98 Å². The lowest BCUT2D eigenvalue weighted by molar-refractivity contribution is -0.145. The fourth-order valence-electron chi connectivity index (χ4n) is 3.49. The summed E-state index contributed by atoms with van der Waals surface area (Å²) in [5, 5.41) is 10.4. The first-order valence-corrected chi connectivity index (χ1v) is 9.17. The Morgan fingerprint density at radius 1 is 1.52 bits per heavy atom. The Morgan fingerprint density at radius 3 is 3.04 bits per heavy atom. The summed E-state index contributed by atoms with van der Waals surface area (Å²) in [5.41, 5.74) is 6.45. The van der Waals surface area contributed by atoms with Crippen LogP contribution in [0, 0.1) is 5.92 Å². The largest absolute Gasteiger partial charge is 0.465 e. The second-order valence-corrected chi connectivity index (χ2v) is 6.92. The number of nitrogen functional groups attached to an aromatic ring is 1. The summed E-state index contributed by atoms with van der Waals surface area (Å²) in [4.78, 5) is 34.4. The van der Waals surface area contributed by atoms with Crippen molar-refractivity contribution in [2.45, 2.75) is 51.2 Å². The molecule has 3 rings (SSSR count). The zero-order valence-corrected chi connectivity index (χ0v) is 15.4. The van der Waals surface area contributed by atoms with Gasteiger partial charge in [-0.2, -0.15) is 4.98 Å². The quantitative estimate of drug-likeness (QED) is 0.377. The lowest BCUT2D eigenvalue weighted by Gasteiger charge is -2.17. The summed E-state index contributed by atoms with van der Waals surface area (Å²) in [6, 6.07) is -0.303. The molecule has 1 fully saturated rings. The number of anilines is 1. The molecule has 0 aromatic carbocycles. The van der Waals surface area contributed by atoms with E-state index in [1.165, 1.54) is 6.33 Å². The summed E-state index contributed by atoms with van der Waals surface area (Å²) in [6.07, 6.45) is 4.36. The predicted octanol–water partition coefficient (Wildman–Crippen LogP) is 1.30. The van der Waals surface area contributed by atoms with Crippen molar-refractivity contribution in [3.63, 3.8) is 0 Å². The van der Waals surface area contributed by atoms with Crippen molar-refractivity contribution in [2.24, 2.45) is 5.92 Å². The number of aliphatic hydroxyl groups is 1. The topological polar surface area (TPSA) is 136 Å². The molecule has 0 amide bonds. The Balaban J connectivity index is 1.72. The number of nitrogens with zero attached hydrogens (tertiary/aromatic N) is 3. The molecular formula is C18H25N5O4. The maximum Gasteiger partial charge on any atom is 0.305 e. The number of carbonyl (C=O) groups is 1. The molecule has 0 saturated heterocycles. The van der Waals surface area contributed by atoms with Crippen LogP contribution in [0.25, 0.3) is 11.2 Å². The highest BCUT2D eigenvalue weighted by Gasteiger charge is 2.39. The van der Waals surface area contributed by atoms with Gasteiger partial charge in [-0.1, -0.05) is 26.3 Å². The molecule has 9 heteroatoms. The third-order valence-corrected chi connectivity index (χ3v) is 5.03. The highest BCUT2D eigenvalue weighted by atomic mass is 16.5. The molecular weight excluding hydrogens is 350 g/mol. The van der Waals surface area contributed by atoms with Crippen LogP contribution in [0.1, 0.15) is 45.1 Å². The van der Waals surface area contributed by atoms with Crippen LogP contribution < -0.4 is 11.3 Å². The smallest absolute Gasteiger partial charge is 0.305 e. The summed E-state index contributed by atoms with van der Waals surface area (Å²) < 4.78 is 7.02. The number of imidazole rings is 1. The maximum atomic E-state index is 11.9. The number of nitrogens with one attached hydrogen (secondary N) is 1. The zero-order chi connectivity index (χ0) is 19.6. The van der Waals surface area contributed by atoms with E-state index < -0.39 is 11.7 Å². The van der Waals surface area contributed by atoms with E-state index in [-0.39, 0.29) is 36.0 Å². The number of hydrogen-bond acceptors (Lipinski definition) is 7. The minimum atomic E-state index is -0.706. The predicted molar refractivity (Wildman–Crippen MR) is 100.0 cm³/mol. The minimum absolute atomic E-state index is 0.00373. The van der Waals surface area contributed by atoms with Crippen LogP contribution in [0.5, 0.6) is 0 Å². The second kappa shape index (κ2) is 7.91. The van der Waals surface area contributed by atoms with Gasteiger partial charge in [0.25, 0.3) is 5.56 Å². The molecule has 146 valence electrons. The molecule has 3 atom stereocenters. The number of hydrogen-bond donors (Lipinski definition) is 3. The highest BCUT2D eigenvalue weighted by Crippen LogP contribution is 2.40. The number of aliphatic hydroxyl groups excluding tert-OH is 1. The molecule has 2 aromatic heterocycles. The van der Waals surface area contributed by atoms with Crippen LogP contribution in [0.3, 0.4) is 0 Å². The Bertz CT molecular complexity index is 903. The van der Waals surface area contributed by atoms with E-state index in [0.29, 0.717) is 24.1 Å². The Hall–Kier alpha value is -2.68. The molecule has 0 bridgehead atoms. The van der Waals surface area contributed by atoms with Crippen molar-refractivity contribution in [1.29, 1.82) is 0 Å². The molecule has 3 unspecified atom stereocenters. The standard InChI is InChI=1S/C18H25N5O4/c1-3-4-5-6-14(25)27-8-11-10(2)12(7-13(11)24)23-9-20-15-16(23)21-18(19)22-17(15)26/h9,11-13,24H,2-8H2,1H3,(H3,19,21,22,26). The minimum Gasteiger partial charge on any atom is -0.465 e. The lowest BCUT2D eigenvalue weighted by atomic mass is 10.0. The number of rotatable bonds is 7. The molecule has 4 N–H and O–H groups in total. The van der Waals surface area contributed by atoms with E-state index in [9.17, 15) is 14.7 Å². The average Bonchev–Trinajstić information content (AvgIpc) is 3.14. The van der Waals surface area contributed by atoms with Crippen molar-refractivity contribution < 1.29 is 14.6 Å². The highest BCUT2D eigenvalue weighted by molar-refractivity contribution is 5.71. The van der Waals surface area contributed by atoms with Gasteiger partial charge < -0.3 is 20.1 Å². The normalized spacial score (nSPS) is 22.4. The number of aromatic nitrogens is 4. The number of unbranched alkanes of at least 4 members (excludes halogenated alkanes) is 2. The van der Waals surface area contributed by atoms with E-state index in [1.54, 1.807) is 4.57 Å². The van der Waals surface area contributed by atoms with E-state index in [4.69, 9.17) is 10.5 Å². The van der Waals surface area contributed by atoms with Gasteiger partial charge in [-0.05, 0) is 18.4 Å². The third kappa shape index (κ3) is 3.87.